The smallest absolute Gasteiger partial charge is 0.160 e. The molecule has 282 valence electrons. The summed E-state index contributed by atoms with van der Waals surface area (Å²) in [5.74, 6) is 0.723. The van der Waals surface area contributed by atoms with Gasteiger partial charge in [-0.2, -0.15) is 0 Å². The van der Waals surface area contributed by atoms with Gasteiger partial charge in [-0.15, -0.1) is 0 Å². The Morgan fingerprint density at radius 1 is 0.458 bits per heavy atom. The van der Waals surface area contributed by atoms with Crippen molar-refractivity contribution in [1.29, 1.82) is 0 Å². The van der Waals surface area contributed by atoms with Crippen molar-refractivity contribution in [3.8, 4) is 56.4 Å². The molecule has 3 heterocycles. The molecule has 0 saturated carbocycles. The van der Waals surface area contributed by atoms with E-state index in [0.717, 1.165) is 72.5 Å². The fraction of sp³-hybridized carbons (Fsp3) is 0.0545. The van der Waals surface area contributed by atoms with E-state index < -0.39 is 0 Å². The van der Waals surface area contributed by atoms with Crippen LogP contribution in [0.1, 0.15) is 18.1 Å². The molecule has 59 heavy (non-hydrogen) atoms. The summed E-state index contributed by atoms with van der Waals surface area (Å²) in [6, 6.07) is 60.7. The van der Waals surface area contributed by atoms with Gasteiger partial charge in [0.25, 0.3) is 0 Å². The minimum absolute atomic E-state index is 0.723. The molecule has 4 nitrogen and oxygen atoms in total. The summed E-state index contributed by atoms with van der Waals surface area (Å²) >= 11 is 0. The molecule has 10 rings (SSSR count). The maximum absolute atomic E-state index is 5.09. The molecule has 0 N–H and O–H groups in total. The lowest BCUT2D eigenvalue weighted by molar-refractivity contribution is 1.07. The van der Waals surface area contributed by atoms with Crippen molar-refractivity contribution in [2.75, 3.05) is 0 Å². The maximum atomic E-state index is 5.09. The van der Waals surface area contributed by atoms with Gasteiger partial charge in [0.1, 0.15) is 0 Å². The molecule has 0 aliphatic heterocycles. The average Bonchev–Trinajstić information content (AvgIpc) is 3.78. The summed E-state index contributed by atoms with van der Waals surface area (Å²) in [6.45, 7) is 10.4. The molecule has 0 bridgehead atoms. The number of fused-ring (bicyclic) bond motifs is 4. The van der Waals surface area contributed by atoms with Crippen LogP contribution in [0.15, 0.2) is 183 Å². The quantitative estimate of drug-likeness (QED) is 0.162. The maximum Gasteiger partial charge on any atom is 0.160 e. The second-order valence-corrected chi connectivity index (χ2v) is 15.2. The van der Waals surface area contributed by atoms with Crippen LogP contribution in [0, 0.1) is 13.8 Å². The van der Waals surface area contributed by atoms with E-state index in [-0.39, 0.29) is 0 Å². The third-order valence-electron chi connectivity index (χ3n) is 11.4. The number of aromatic nitrogens is 4. The third kappa shape index (κ3) is 6.36. The Kier molecular flexibility index (Phi) is 8.95. The van der Waals surface area contributed by atoms with E-state index in [2.05, 4.69) is 218 Å². The van der Waals surface area contributed by atoms with Crippen molar-refractivity contribution < 1.29 is 0 Å². The molecule has 4 heteroatoms. The summed E-state index contributed by atoms with van der Waals surface area (Å²) in [5.41, 5.74) is 15.4. The van der Waals surface area contributed by atoms with Gasteiger partial charge in [0.05, 0.1) is 27.9 Å². The van der Waals surface area contributed by atoms with Crippen LogP contribution in [-0.4, -0.2) is 19.1 Å². The Labute approximate surface area is 344 Å². The number of aryl methyl sites for hydroxylation is 2. The van der Waals surface area contributed by atoms with Gasteiger partial charge in [-0.05, 0) is 92.6 Å². The van der Waals surface area contributed by atoms with Crippen LogP contribution in [0.5, 0.6) is 0 Å². The van der Waals surface area contributed by atoms with E-state index in [4.69, 9.17) is 9.97 Å². The van der Waals surface area contributed by atoms with Crippen molar-refractivity contribution >= 4 is 44.9 Å². The van der Waals surface area contributed by atoms with E-state index in [1.165, 1.54) is 38.3 Å². The van der Waals surface area contributed by atoms with Crippen LogP contribution < -0.4 is 10.6 Å². The lowest BCUT2D eigenvalue weighted by Gasteiger charge is -2.12. The first-order valence-electron chi connectivity index (χ1n) is 20.1. The summed E-state index contributed by atoms with van der Waals surface area (Å²) < 4.78 is 4.74. The minimum Gasteiger partial charge on any atom is -0.310 e. The van der Waals surface area contributed by atoms with E-state index >= 15 is 0 Å². The predicted octanol–water partition coefficient (Wildman–Crippen LogP) is 12.6. The van der Waals surface area contributed by atoms with E-state index in [1.807, 2.05) is 6.08 Å². The molecule has 3 aromatic heterocycles. The van der Waals surface area contributed by atoms with Crippen LogP contribution in [0.25, 0.3) is 101 Å². The Bertz CT molecular complexity index is 3250. The largest absolute Gasteiger partial charge is 0.310 e. The van der Waals surface area contributed by atoms with Gasteiger partial charge >= 0.3 is 0 Å². The highest BCUT2D eigenvalue weighted by atomic mass is 15.0. The van der Waals surface area contributed by atoms with Gasteiger partial charge in [-0.3, -0.25) is 0 Å². The van der Waals surface area contributed by atoms with Crippen molar-refractivity contribution in [2.24, 2.45) is 0 Å². The Hall–Kier alpha value is -7.56. The predicted molar refractivity (Wildman–Crippen MR) is 248 cm³/mol. The Balaban J connectivity index is 1.02. The first-order valence-corrected chi connectivity index (χ1v) is 20.1. The monoisotopic (exact) mass is 758 g/mol. The Morgan fingerprint density at radius 3 is 1.63 bits per heavy atom. The van der Waals surface area contributed by atoms with E-state index in [0.29, 0.717) is 0 Å². The zero-order valence-electron chi connectivity index (χ0n) is 33.4. The molecule has 0 fully saturated rings. The highest BCUT2D eigenvalue weighted by Gasteiger charge is 2.16. The number of nitrogens with zero attached hydrogens (tertiary/aromatic N) is 4. The van der Waals surface area contributed by atoms with Crippen LogP contribution in [0.2, 0.25) is 0 Å². The molecular formula is C55H42N4. The fourth-order valence-corrected chi connectivity index (χ4v) is 8.62. The summed E-state index contributed by atoms with van der Waals surface area (Å²) in [5, 5.41) is 5.98. The van der Waals surface area contributed by atoms with Gasteiger partial charge in [0.15, 0.2) is 5.82 Å². The zero-order valence-corrected chi connectivity index (χ0v) is 33.4. The number of hydrogen-bond acceptors (Lipinski definition) is 2. The first kappa shape index (κ1) is 35.8. The van der Waals surface area contributed by atoms with Crippen molar-refractivity contribution in [1.82, 2.24) is 19.1 Å². The molecule has 0 aliphatic rings. The molecule has 0 unspecified atom stereocenters. The van der Waals surface area contributed by atoms with Crippen LogP contribution in [0.4, 0.5) is 0 Å². The van der Waals surface area contributed by atoms with Gasteiger partial charge in [0, 0.05) is 54.8 Å². The lowest BCUT2D eigenvalue weighted by Crippen LogP contribution is -2.27. The van der Waals surface area contributed by atoms with E-state index in [1.54, 1.807) is 0 Å². The van der Waals surface area contributed by atoms with Crippen molar-refractivity contribution in [3.05, 3.63) is 204 Å². The number of para-hydroxylation sites is 2. The highest BCUT2D eigenvalue weighted by molar-refractivity contribution is 6.09. The lowest BCUT2D eigenvalue weighted by atomic mass is 10.0. The molecule has 0 amide bonds. The average molecular weight is 759 g/mol. The van der Waals surface area contributed by atoms with Crippen molar-refractivity contribution in [2.45, 2.75) is 20.8 Å². The Morgan fingerprint density at radius 2 is 1.00 bits per heavy atom. The van der Waals surface area contributed by atoms with Gasteiger partial charge in [-0.25, -0.2) is 9.97 Å². The summed E-state index contributed by atoms with van der Waals surface area (Å²) in [7, 11) is 0. The SMILES string of the molecule is C=C/C=c1\c(=C/C)n(-c2ccc(-c3ccc(-c4cc(-c5cccc(C)c5)nc(-c5cccc(C)c5)n4)cc3)cc2)c2ccc(-n3c4ccccc4c4ccccc43)cc12. The molecule has 10 aromatic rings. The molecular weight excluding hydrogens is 717 g/mol. The molecule has 0 saturated heterocycles. The third-order valence-corrected chi connectivity index (χ3v) is 11.4. The molecule has 0 atom stereocenters. The number of allylic oxidation sites excluding steroid dienone is 1. The van der Waals surface area contributed by atoms with Gasteiger partial charge < -0.3 is 9.13 Å². The molecule has 0 spiro atoms. The summed E-state index contributed by atoms with van der Waals surface area (Å²) in [4.78, 5) is 10.1. The summed E-state index contributed by atoms with van der Waals surface area (Å²) in [6.07, 6.45) is 6.22. The highest BCUT2D eigenvalue weighted by Crippen LogP contribution is 2.34. The number of benzene rings is 7. The minimum atomic E-state index is 0.723. The zero-order chi connectivity index (χ0) is 40.0. The molecule has 0 aliphatic carbocycles. The number of hydrogen-bond donors (Lipinski definition) is 0. The number of rotatable bonds is 7. The normalized spacial score (nSPS) is 12.3. The van der Waals surface area contributed by atoms with Crippen LogP contribution in [0.3, 0.4) is 0 Å². The molecule has 0 radical (unpaired) electrons. The van der Waals surface area contributed by atoms with Crippen LogP contribution in [-0.2, 0) is 0 Å². The topological polar surface area (TPSA) is 35.6 Å². The van der Waals surface area contributed by atoms with Crippen LogP contribution >= 0.6 is 0 Å². The van der Waals surface area contributed by atoms with Crippen molar-refractivity contribution in [3.63, 3.8) is 0 Å². The first-order chi connectivity index (χ1) is 29.0. The molecule has 7 aromatic carbocycles. The van der Waals surface area contributed by atoms with Gasteiger partial charge in [0.2, 0.25) is 0 Å². The van der Waals surface area contributed by atoms with E-state index in [9.17, 15) is 0 Å². The fourth-order valence-electron chi connectivity index (χ4n) is 8.62. The standard InChI is InChI=1S/C55H42N4/c1-5-13-45-48-34-44(59-52-20-9-7-18-46(52)47-19-8-10-21-53(47)59)30-31-54(48)58(51(45)6-2)43-28-26-39(27-29-43)38-22-24-40(25-23-38)49-35-50(41-16-11-14-36(3)32-41)57-55(56-49)42-17-12-15-37(4)33-42/h5-35H,1H2,2-4H3/b45-13-,51-6+. The van der Waals surface area contributed by atoms with Gasteiger partial charge in [-0.1, -0.05) is 145 Å². The second kappa shape index (κ2) is 14.7. The second-order valence-electron chi connectivity index (χ2n) is 15.2.